The Labute approximate surface area is 217 Å². The predicted octanol–water partition coefficient (Wildman–Crippen LogP) is 2.91. The summed E-state index contributed by atoms with van der Waals surface area (Å²) in [7, 11) is 2.96. The van der Waals surface area contributed by atoms with Crippen LogP contribution in [-0.2, 0) is 30.3 Å². The number of carbonyl (C=O) groups excluding carboxylic acids is 2. The summed E-state index contributed by atoms with van der Waals surface area (Å²) in [5, 5.41) is 0. The second-order valence-electron chi connectivity index (χ2n) is 9.14. The topological polar surface area (TPSA) is 99.1 Å². The lowest BCUT2D eigenvalue weighted by Gasteiger charge is -2.35. The summed E-state index contributed by atoms with van der Waals surface area (Å²) in [6, 6.07) is 3.48. The van der Waals surface area contributed by atoms with Crippen LogP contribution < -0.4 is 4.74 Å². The Kier molecular flexibility index (Phi) is 8.34. The van der Waals surface area contributed by atoms with Gasteiger partial charge in [0, 0.05) is 18.7 Å². The van der Waals surface area contributed by atoms with Gasteiger partial charge in [-0.15, -0.1) is 0 Å². The molecule has 3 heterocycles. The fourth-order valence-corrected chi connectivity index (χ4v) is 4.92. The van der Waals surface area contributed by atoms with Crippen LogP contribution >= 0.6 is 0 Å². The average Bonchev–Trinajstić information content (AvgIpc) is 3.44. The monoisotopic (exact) mass is 541 g/mol. The number of benzene rings is 1. The first kappa shape index (κ1) is 27.6. The number of fused-ring (bicyclic) bond motifs is 2. The maximum absolute atomic E-state index is 13.8. The van der Waals surface area contributed by atoms with Crippen LogP contribution in [-0.4, -0.2) is 98.7 Å². The number of amides is 2. The third-order valence-electron chi connectivity index (χ3n) is 6.72. The van der Waals surface area contributed by atoms with E-state index in [1.807, 2.05) is 0 Å². The van der Waals surface area contributed by atoms with Crippen LogP contribution in [0.3, 0.4) is 0 Å². The largest absolute Gasteiger partial charge is 0.499 e. The van der Waals surface area contributed by atoms with Crippen LogP contribution in [0.25, 0.3) is 0 Å². The van der Waals surface area contributed by atoms with E-state index in [0.717, 1.165) is 4.90 Å². The molecule has 1 aromatic carbocycles. The summed E-state index contributed by atoms with van der Waals surface area (Å²) >= 11 is 0. The standard InChI is InChI=1S/C25H30F3N3O7/c1-15-10-19(30(23(32)25(26,27)28)12-16-4-6-17(34-2)7-5-16)20-14-36-13-18-21(35-3)11-22(29-18)37-8-9-38-24(33)31(15)20/h4-7,11,15,18-20H,8-10,12-14H2,1-3H3. The zero-order valence-corrected chi connectivity index (χ0v) is 21.3. The maximum atomic E-state index is 13.8. The molecule has 0 spiro atoms. The van der Waals surface area contributed by atoms with E-state index in [4.69, 9.17) is 23.7 Å². The molecule has 1 saturated heterocycles. The van der Waals surface area contributed by atoms with Crippen molar-refractivity contribution >= 4 is 17.9 Å². The van der Waals surface area contributed by atoms with Crippen molar-refractivity contribution in [2.24, 2.45) is 4.99 Å². The van der Waals surface area contributed by atoms with Gasteiger partial charge in [0.25, 0.3) is 0 Å². The number of hydrogen-bond acceptors (Lipinski definition) is 8. The first-order chi connectivity index (χ1) is 18.1. The Morgan fingerprint density at radius 3 is 2.50 bits per heavy atom. The summed E-state index contributed by atoms with van der Waals surface area (Å²) < 4.78 is 68.5. The molecule has 0 aromatic heterocycles. The van der Waals surface area contributed by atoms with E-state index in [1.165, 1.54) is 19.1 Å². The second kappa shape index (κ2) is 11.5. The molecule has 3 aliphatic heterocycles. The Bertz CT molecular complexity index is 1080. The summed E-state index contributed by atoms with van der Waals surface area (Å²) in [6.45, 7) is 1.20. The van der Waals surface area contributed by atoms with Gasteiger partial charge in [0.2, 0.25) is 5.90 Å². The Morgan fingerprint density at radius 1 is 1.13 bits per heavy atom. The molecule has 0 saturated carbocycles. The van der Waals surface area contributed by atoms with Crippen LogP contribution in [0.4, 0.5) is 18.0 Å². The van der Waals surface area contributed by atoms with Crippen molar-refractivity contribution < 1.29 is 46.4 Å². The van der Waals surface area contributed by atoms with E-state index in [0.29, 0.717) is 23.0 Å². The van der Waals surface area contributed by atoms with Crippen LogP contribution in [0.2, 0.25) is 0 Å². The smallest absolute Gasteiger partial charge is 0.471 e. The molecule has 3 aliphatic rings. The van der Waals surface area contributed by atoms with Gasteiger partial charge in [-0.25, -0.2) is 9.79 Å². The zero-order valence-electron chi connectivity index (χ0n) is 21.3. The normalized spacial score (nSPS) is 25.9. The van der Waals surface area contributed by atoms with E-state index in [1.54, 1.807) is 37.3 Å². The number of nitrogens with zero attached hydrogens (tertiary/aromatic N) is 3. The molecular weight excluding hydrogens is 511 g/mol. The lowest BCUT2D eigenvalue weighted by atomic mass is 10.0. The molecule has 0 N–H and O–H groups in total. The van der Waals surface area contributed by atoms with Crippen molar-refractivity contribution in [3.05, 3.63) is 41.7 Å². The highest BCUT2D eigenvalue weighted by Gasteiger charge is 2.51. The molecular formula is C25H30F3N3O7. The Balaban J connectivity index is 1.63. The van der Waals surface area contributed by atoms with E-state index in [2.05, 4.69) is 4.99 Å². The maximum Gasteiger partial charge on any atom is 0.471 e. The number of aliphatic imine (C=N–C) groups is 1. The van der Waals surface area contributed by atoms with Crippen molar-refractivity contribution in [3.63, 3.8) is 0 Å². The van der Waals surface area contributed by atoms with Crippen molar-refractivity contribution in [1.82, 2.24) is 9.80 Å². The van der Waals surface area contributed by atoms with Gasteiger partial charge >= 0.3 is 18.2 Å². The van der Waals surface area contributed by atoms with Crippen LogP contribution in [0.1, 0.15) is 18.9 Å². The molecule has 0 radical (unpaired) electrons. The van der Waals surface area contributed by atoms with Crippen LogP contribution in [0.5, 0.6) is 5.75 Å². The zero-order chi connectivity index (χ0) is 27.4. The minimum absolute atomic E-state index is 0.0259. The first-order valence-electron chi connectivity index (χ1n) is 12.1. The van der Waals surface area contributed by atoms with Crippen LogP contribution in [0, 0.1) is 0 Å². The SMILES string of the molecule is COC1=CC2=NC1COCC1C(N(Cc3ccc(OC)cc3)C(=O)C(F)(F)F)CC(C)N1C(=O)OCCO2. The molecule has 38 heavy (non-hydrogen) atoms. The second-order valence-corrected chi connectivity index (χ2v) is 9.14. The van der Waals surface area contributed by atoms with E-state index >= 15 is 0 Å². The van der Waals surface area contributed by atoms with Gasteiger partial charge in [0.1, 0.15) is 30.8 Å². The van der Waals surface area contributed by atoms with Gasteiger partial charge in [-0.2, -0.15) is 13.2 Å². The summed E-state index contributed by atoms with van der Waals surface area (Å²) in [5.41, 5.74) is 0.475. The summed E-state index contributed by atoms with van der Waals surface area (Å²) in [5.74, 6) is -0.651. The van der Waals surface area contributed by atoms with Gasteiger partial charge in [0.05, 0.1) is 39.5 Å². The molecule has 13 heteroatoms. The van der Waals surface area contributed by atoms with Crippen molar-refractivity contribution in [3.8, 4) is 5.75 Å². The van der Waals surface area contributed by atoms with E-state index < -0.39 is 42.3 Å². The van der Waals surface area contributed by atoms with Crippen LogP contribution in [0.15, 0.2) is 41.1 Å². The number of cyclic esters (lactones) is 1. The molecule has 1 fully saturated rings. The van der Waals surface area contributed by atoms with Gasteiger partial charge in [-0.1, -0.05) is 12.1 Å². The molecule has 4 atom stereocenters. The number of ether oxygens (including phenoxy) is 5. The predicted molar refractivity (Wildman–Crippen MR) is 128 cm³/mol. The molecule has 208 valence electrons. The summed E-state index contributed by atoms with van der Waals surface area (Å²) in [6.07, 6.45) is -4.13. The van der Waals surface area contributed by atoms with Gasteiger partial charge < -0.3 is 28.6 Å². The first-order valence-corrected chi connectivity index (χ1v) is 12.1. The molecule has 2 amide bonds. The lowest BCUT2D eigenvalue weighted by Crippen LogP contribution is -2.54. The minimum Gasteiger partial charge on any atom is -0.499 e. The highest BCUT2D eigenvalue weighted by Crippen LogP contribution is 2.34. The molecule has 0 aliphatic carbocycles. The van der Waals surface area contributed by atoms with Gasteiger partial charge in [-0.3, -0.25) is 9.69 Å². The van der Waals surface area contributed by atoms with Crippen molar-refractivity contribution in [1.29, 1.82) is 0 Å². The number of rotatable bonds is 5. The van der Waals surface area contributed by atoms with E-state index in [-0.39, 0.29) is 39.4 Å². The highest BCUT2D eigenvalue weighted by atomic mass is 19.4. The average molecular weight is 542 g/mol. The number of alkyl halides is 3. The molecule has 10 nitrogen and oxygen atoms in total. The van der Waals surface area contributed by atoms with Crippen molar-refractivity contribution in [2.45, 2.75) is 50.2 Å². The number of carbonyl (C=O) groups is 2. The number of halogens is 3. The quantitative estimate of drug-likeness (QED) is 0.565. The van der Waals surface area contributed by atoms with Gasteiger partial charge in [0.15, 0.2) is 0 Å². The molecule has 4 unspecified atom stereocenters. The van der Waals surface area contributed by atoms with E-state index in [9.17, 15) is 22.8 Å². The highest BCUT2D eigenvalue weighted by molar-refractivity contribution is 5.90. The fraction of sp³-hybridized carbons (Fsp3) is 0.560. The summed E-state index contributed by atoms with van der Waals surface area (Å²) in [4.78, 5) is 32.2. The Hall–Kier alpha value is -3.48. The number of methoxy groups -OCH3 is 2. The fourth-order valence-electron chi connectivity index (χ4n) is 4.92. The lowest BCUT2D eigenvalue weighted by molar-refractivity contribution is -0.189. The minimum atomic E-state index is -5.11. The Morgan fingerprint density at radius 2 is 1.84 bits per heavy atom. The third kappa shape index (κ3) is 5.98. The molecule has 2 bridgehead atoms. The molecule has 1 aromatic rings. The third-order valence-corrected chi connectivity index (χ3v) is 6.72. The molecule has 4 rings (SSSR count). The number of hydrogen-bond donors (Lipinski definition) is 0. The van der Waals surface area contributed by atoms with Crippen molar-refractivity contribution in [2.75, 3.05) is 40.6 Å². The van der Waals surface area contributed by atoms with Gasteiger partial charge in [-0.05, 0) is 31.0 Å².